The maximum absolute atomic E-state index is 12.3. The smallest absolute Gasteiger partial charge is 0.287 e. The third-order valence-corrected chi connectivity index (χ3v) is 3.87. The number of carbonyl (C=O) groups is 1. The third-order valence-electron chi connectivity index (χ3n) is 3.87. The van der Waals surface area contributed by atoms with Gasteiger partial charge in [-0.05, 0) is 41.4 Å². The number of ether oxygens (including phenoxy) is 2. The van der Waals surface area contributed by atoms with Crippen LogP contribution >= 0.6 is 17.0 Å². The number of halogens is 1. The van der Waals surface area contributed by atoms with Crippen molar-refractivity contribution < 1.29 is 18.8 Å². The largest absolute Gasteiger partial charge is 0.497 e. The van der Waals surface area contributed by atoms with Crippen LogP contribution < -0.4 is 14.0 Å². The number of benzene rings is 2. The molecule has 0 aliphatic carbocycles. The second-order valence-corrected chi connectivity index (χ2v) is 5.50. The maximum Gasteiger partial charge on any atom is 0.287 e. The molecule has 0 radical (unpaired) electrons. The molecule has 134 valence electrons. The van der Waals surface area contributed by atoms with Gasteiger partial charge in [0, 0.05) is 17.2 Å². The van der Waals surface area contributed by atoms with Crippen LogP contribution in [-0.2, 0) is 6.54 Å². The molecule has 0 saturated carbocycles. The summed E-state index contributed by atoms with van der Waals surface area (Å²) in [6.45, 7) is 0.234. The van der Waals surface area contributed by atoms with E-state index < -0.39 is 0 Å². The standard InChI is InChI=1S/C20H19N2O3.BrH/c1-24-17-8-6-15(7-9-17)20(23)13-22-11-10-19(21-14-22)16-4-3-5-18(12-16)25-2;/h3-12,14H,13H2,1-2H3;1H/q+1;. The topological polar surface area (TPSA) is 52.3 Å². The summed E-state index contributed by atoms with van der Waals surface area (Å²) in [6.07, 6.45) is 3.51. The number of aromatic nitrogens is 2. The van der Waals surface area contributed by atoms with Crippen LogP contribution in [0.3, 0.4) is 0 Å². The van der Waals surface area contributed by atoms with Gasteiger partial charge in [-0.25, -0.2) is 4.57 Å². The molecule has 1 heterocycles. The van der Waals surface area contributed by atoms with Gasteiger partial charge in [-0.1, -0.05) is 12.1 Å². The Labute approximate surface area is 163 Å². The summed E-state index contributed by atoms with van der Waals surface area (Å²) >= 11 is 0. The van der Waals surface area contributed by atoms with Gasteiger partial charge in [0.05, 0.1) is 20.4 Å². The van der Waals surface area contributed by atoms with Gasteiger partial charge in [0.25, 0.3) is 6.33 Å². The molecule has 0 amide bonds. The van der Waals surface area contributed by atoms with E-state index in [1.165, 1.54) is 0 Å². The lowest BCUT2D eigenvalue weighted by Crippen LogP contribution is -2.37. The Bertz CT molecular complexity index is 865. The van der Waals surface area contributed by atoms with Crippen LogP contribution in [-0.4, -0.2) is 25.0 Å². The Hall–Kier alpha value is -2.73. The number of carbonyl (C=O) groups excluding carboxylic acids is 1. The molecule has 1 aromatic heterocycles. The highest BCUT2D eigenvalue weighted by Crippen LogP contribution is 2.21. The molecule has 3 rings (SSSR count). The van der Waals surface area contributed by atoms with Gasteiger partial charge in [-0.2, -0.15) is 0 Å². The molecule has 0 bridgehead atoms. The average Bonchev–Trinajstić information content (AvgIpc) is 2.68. The van der Waals surface area contributed by atoms with Gasteiger partial charge >= 0.3 is 0 Å². The molecule has 0 atom stereocenters. The number of ketones is 1. The molecule has 3 aromatic rings. The number of hydrogen-bond acceptors (Lipinski definition) is 4. The lowest BCUT2D eigenvalue weighted by molar-refractivity contribution is -0.686. The fourth-order valence-corrected chi connectivity index (χ4v) is 2.46. The minimum Gasteiger partial charge on any atom is -0.497 e. The second kappa shape index (κ2) is 9.10. The molecule has 0 unspecified atom stereocenters. The van der Waals surface area contributed by atoms with Crippen LogP contribution in [0.15, 0.2) is 67.1 Å². The summed E-state index contributed by atoms with van der Waals surface area (Å²) in [7, 11) is 3.23. The Balaban J connectivity index is 0.00000243. The molecule has 0 aliphatic rings. The Morgan fingerprint density at radius 2 is 1.73 bits per heavy atom. The van der Waals surface area contributed by atoms with Crippen LogP contribution in [0.5, 0.6) is 11.5 Å². The van der Waals surface area contributed by atoms with E-state index in [2.05, 4.69) is 4.98 Å². The number of nitrogens with zero attached hydrogens (tertiary/aromatic N) is 2. The summed E-state index contributed by atoms with van der Waals surface area (Å²) in [5, 5.41) is 0. The molecule has 2 aromatic carbocycles. The number of methoxy groups -OCH3 is 2. The SMILES string of the molecule is Br.COc1ccc(C(=O)C[n+]2ccc(-c3cccc(OC)c3)nc2)cc1. The van der Waals surface area contributed by atoms with E-state index in [0.717, 1.165) is 22.8 Å². The van der Waals surface area contributed by atoms with Crippen molar-refractivity contribution in [1.82, 2.24) is 4.98 Å². The van der Waals surface area contributed by atoms with Gasteiger partial charge in [-0.3, -0.25) is 4.79 Å². The lowest BCUT2D eigenvalue weighted by Gasteiger charge is -2.03. The van der Waals surface area contributed by atoms with Crippen molar-refractivity contribution in [2.75, 3.05) is 14.2 Å². The Kier molecular flexibility index (Phi) is 6.86. The molecule has 5 nitrogen and oxygen atoms in total. The van der Waals surface area contributed by atoms with Crippen molar-refractivity contribution >= 4 is 22.8 Å². The van der Waals surface area contributed by atoms with E-state index in [0.29, 0.717) is 5.56 Å². The molecular weight excluding hydrogens is 396 g/mol. The van der Waals surface area contributed by atoms with Crippen LogP contribution in [0.4, 0.5) is 0 Å². The van der Waals surface area contributed by atoms with Crippen molar-refractivity contribution in [2.45, 2.75) is 6.54 Å². The molecule has 0 N–H and O–H groups in total. The molecule has 26 heavy (non-hydrogen) atoms. The molecule has 0 fully saturated rings. The van der Waals surface area contributed by atoms with E-state index in [1.807, 2.05) is 36.5 Å². The van der Waals surface area contributed by atoms with E-state index in [9.17, 15) is 4.79 Å². The van der Waals surface area contributed by atoms with Crippen molar-refractivity contribution in [3.8, 4) is 22.8 Å². The predicted molar refractivity (Wildman–Crippen MR) is 104 cm³/mol. The van der Waals surface area contributed by atoms with Gasteiger partial charge < -0.3 is 9.47 Å². The van der Waals surface area contributed by atoms with E-state index >= 15 is 0 Å². The zero-order valence-corrected chi connectivity index (χ0v) is 16.3. The van der Waals surface area contributed by atoms with Crippen LogP contribution in [0, 0.1) is 0 Å². The van der Waals surface area contributed by atoms with E-state index in [-0.39, 0.29) is 29.3 Å². The van der Waals surface area contributed by atoms with Crippen LogP contribution in [0.1, 0.15) is 10.4 Å². The van der Waals surface area contributed by atoms with Gasteiger partial charge in [0.15, 0.2) is 12.2 Å². The first kappa shape index (κ1) is 19.6. The first-order valence-corrected chi connectivity index (χ1v) is 7.86. The highest BCUT2D eigenvalue weighted by Gasteiger charge is 2.12. The molecule has 6 heteroatoms. The molecular formula is C20H20BrN2O3+. The number of Topliss-reactive ketones (excluding diaryl/α,β-unsaturated/α-hetero) is 1. The number of hydrogen-bond donors (Lipinski definition) is 0. The number of rotatable bonds is 6. The van der Waals surface area contributed by atoms with Gasteiger partial charge in [-0.15, -0.1) is 17.0 Å². The minimum atomic E-state index is 0. The van der Waals surface area contributed by atoms with Gasteiger partial charge in [0.2, 0.25) is 5.78 Å². The predicted octanol–water partition coefficient (Wildman–Crippen LogP) is 3.51. The fraction of sp³-hybridized carbons (Fsp3) is 0.150. The molecule has 0 saturated heterocycles. The van der Waals surface area contributed by atoms with E-state index in [4.69, 9.17) is 9.47 Å². The van der Waals surface area contributed by atoms with Crippen molar-refractivity contribution in [3.05, 3.63) is 72.7 Å². The highest BCUT2D eigenvalue weighted by atomic mass is 79.9. The van der Waals surface area contributed by atoms with Gasteiger partial charge in [0.1, 0.15) is 11.5 Å². The van der Waals surface area contributed by atoms with E-state index in [1.54, 1.807) is 49.4 Å². The quantitative estimate of drug-likeness (QED) is 0.456. The summed E-state index contributed by atoms with van der Waals surface area (Å²) in [6, 6.07) is 16.7. The summed E-state index contributed by atoms with van der Waals surface area (Å²) < 4.78 is 12.1. The van der Waals surface area contributed by atoms with Crippen molar-refractivity contribution in [3.63, 3.8) is 0 Å². The zero-order valence-electron chi connectivity index (χ0n) is 14.6. The lowest BCUT2D eigenvalue weighted by atomic mass is 10.1. The normalized spacial score (nSPS) is 9.92. The highest BCUT2D eigenvalue weighted by molar-refractivity contribution is 8.93. The fourth-order valence-electron chi connectivity index (χ4n) is 2.46. The van der Waals surface area contributed by atoms with Crippen LogP contribution in [0.2, 0.25) is 0 Å². The maximum atomic E-state index is 12.3. The summed E-state index contributed by atoms with van der Waals surface area (Å²) in [5.74, 6) is 1.53. The average molecular weight is 416 g/mol. The third kappa shape index (κ3) is 4.67. The molecule has 0 aliphatic heterocycles. The van der Waals surface area contributed by atoms with Crippen molar-refractivity contribution in [1.29, 1.82) is 0 Å². The Morgan fingerprint density at radius 3 is 2.35 bits per heavy atom. The zero-order chi connectivity index (χ0) is 17.6. The second-order valence-electron chi connectivity index (χ2n) is 5.50. The molecule has 0 spiro atoms. The minimum absolute atomic E-state index is 0. The first-order valence-electron chi connectivity index (χ1n) is 7.86. The summed E-state index contributed by atoms with van der Waals surface area (Å²) in [5.41, 5.74) is 2.44. The monoisotopic (exact) mass is 415 g/mol. The Morgan fingerprint density at radius 1 is 1.00 bits per heavy atom. The van der Waals surface area contributed by atoms with Crippen molar-refractivity contribution in [2.24, 2.45) is 0 Å². The van der Waals surface area contributed by atoms with Crippen LogP contribution in [0.25, 0.3) is 11.3 Å². The first-order chi connectivity index (χ1) is 12.2. The summed E-state index contributed by atoms with van der Waals surface area (Å²) in [4.78, 5) is 16.8.